The molecule has 1 atom stereocenters. The van der Waals surface area contributed by atoms with E-state index in [2.05, 4.69) is 11.0 Å². The Kier molecular flexibility index (Phi) is 5.80. The van der Waals surface area contributed by atoms with Gasteiger partial charge in [0.2, 0.25) is 10.0 Å². The lowest BCUT2D eigenvalue weighted by Crippen LogP contribution is -2.48. The minimum absolute atomic E-state index is 0.256. The molecule has 6 nitrogen and oxygen atoms in total. The zero-order valence-corrected chi connectivity index (χ0v) is 16.1. The predicted molar refractivity (Wildman–Crippen MR) is 104 cm³/mol. The largest absolute Gasteiger partial charge is 0.393 e. The Hall–Kier alpha value is -2.40. The molecule has 1 N–H and O–H groups in total. The molecule has 7 heteroatoms. The van der Waals surface area contributed by atoms with Crippen LogP contribution in [0.3, 0.4) is 0 Å². The number of aliphatic hydroxyl groups is 1. The molecule has 2 aromatic carbocycles. The molecule has 0 spiro atoms. The number of anilines is 1. The van der Waals surface area contributed by atoms with Crippen molar-refractivity contribution in [1.29, 1.82) is 5.26 Å². The molecule has 0 saturated carbocycles. The standard InChI is InChI=1S/C20H23N3O3S/c1-16(24)13-17-5-4-7-19(14-17)27(25,26)23-11-9-22(10-12-23)20-8-3-2-6-18(20)15-21/h2-8,14,16,24H,9-13H2,1H3. The first-order valence-electron chi connectivity index (χ1n) is 8.93. The minimum Gasteiger partial charge on any atom is -0.393 e. The molecule has 1 aliphatic heterocycles. The lowest BCUT2D eigenvalue weighted by atomic mass is 10.1. The highest BCUT2D eigenvalue weighted by Crippen LogP contribution is 2.24. The SMILES string of the molecule is CC(O)Cc1cccc(S(=O)(=O)N2CCN(c3ccccc3C#N)CC2)c1. The normalized spacial score (nSPS) is 16.7. The van der Waals surface area contributed by atoms with Crippen LogP contribution in [-0.2, 0) is 16.4 Å². The third kappa shape index (κ3) is 4.30. The number of nitriles is 1. The van der Waals surface area contributed by atoms with E-state index in [1.807, 2.05) is 24.3 Å². The first-order chi connectivity index (χ1) is 12.9. The Bertz CT molecular complexity index is 943. The number of hydrogen-bond donors (Lipinski definition) is 1. The molecule has 1 fully saturated rings. The van der Waals surface area contributed by atoms with Gasteiger partial charge in [0.1, 0.15) is 6.07 Å². The van der Waals surface area contributed by atoms with Gasteiger partial charge in [-0.25, -0.2) is 8.42 Å². The number of rotatable bonds is 5. The van der Waals surface area contributed by atoms with E-state index in [-0.39, 0.29) is 4.90 Å². The topological polar surface area (TPSA) is 84.6 Å². The second kappa shape index (κ2) is 8.09. The van der Waals surface area contributed by atoms with Crippen molar-refractivity contribution in [3.63, 3.8) is 0 Å². The van der Waals surface area contributed by atoms with E-state index in [9.17, 15) is 18.8 Å². The molecule has 0 bridgehead atoms. The van der Waals surface area contributed by atoms with E-state index in [1.165, 1.54) is 4.31 Å². The van der Waals surface area contributed by atoms with Crippen LogP contribution in [0.1, 0.15) is 18.1 Å². The molecule has 0 aliphatic carbocycles. The van der Waals surface area contributed by atoms with Crippen molar-refractivity contribution in [2.24, 2.45) is 0 Å². The van der Waals surface area contributed by atoms with Gasteiger partial charge in [0.25, 0.3) is 0 Å². The van der Waals surface area contributed by atoms with Crippen LogP contribution >= 0.6 is 0 Å². The maximum Gasteiger partial charge on any atom is 0.243 e. The number of sulfonamides is 1. The second-order valence-corrected chi connectivity index (χ2v) is 8.66. The zero-order valence-electron chi connectivity index (χ0n) is 15.2. The van der Waals surface area contributed by atoms with Gasteiger partial charge in [-0.3, -0.25) is 0 Å². The van der Waals surface area contributed by atoms with Crippen molar-refractivity contribution in [2.75, 3.05) is 31.1 Å². The van der Waals surface area contributed by atoms with Crippen LogP contribution in [-0.4, -0.2) is 50.1 Å². The number of piperazine rings is 1. The van der Waals surface area contributed by atoms with Gasteiger partial charge >= 0.3 is 0 Å². The van der Waals surface area contributed by atoms with E-state index < -0.39 is 16.1 Å². The van der Waals surface area contributed by atoms with Gasteiger partial charge in [-0.05, 0) is 43.2 Å². The Balaban J connectivity index is 1.74. The lowest BCUT2D eigenvalue weighted by molar-refractivity contribution is 0.195. The number of nitrogens with zero attached hydrogens (tertiary/aromatic N) is 3. The molecular weight excluding hydrogens is 362 g/mol. The van der Waals surface area contributed by atoms with E-state index in [1.54, 1.807) is 31.2 Å². The summed E-state index contributed by atoms with van der Waals surface area (Å²) in [5.41, 5.74) is 2.24. The summed E-state index contributed by atoms with van der Waals surface area (Å²) in [6, 6.07) is 16.3. The van der Waals surface area contributed by atoms with E-state index in [0.717, 1.165) is 11.3 Å². The van der Waals surface area contributed by atoms with Gasteiger partial charge in [-0.1, -0.05) is 24.3 Å². The molecule has 1 heterocycles. The number of benzene rings is 2. The summed E-state index contributed by atoms with van der Waals surface area (Å²) in [5, 5.41) is 18.8. The fourth-order valence-electron chi connectivity index (χ4n) is 3.34. The van der Waals surface area contributed by atoms with E-state index in [0.29, 0.717) is 38.2 Å². The van der Waals surface area contributed by atoms with Crippen molar-refractivity contribution in [2.45, 2.75) is 24.3 Å². The highest BCUT2D eigenvalue weighted by atomic mass is 32.2. The van der Waals surface area contributed by atoms with Crippen LogP contribution in [0.4, 0.5) is 5.69 Å². The molecule has 27 heavy (non-hydrogen) atoms. The van der Waals surface area contributed by atoms with Crippen LogP contribution in [0.25, 0.3) is 0 Å². The summed E-state index contributed by atoms with van der Waals surface area (Å²) in [5.74, 6) is 0. The monoisotopic (exact) mass is 385 g/mol. The van der Waals surface area contributed by atoms with Gasteiger partial charge in [0.05, 0.1) is 22.3 Å². The average Bonchev–Trinajstić information content (AvgIpc) is 2.68. The summed E-state index contributed by atoms with van der Waals surface area (Å²) >= 11 is 0. The third-order valence-electron chi connectivity index (χ3n) is 4.67. The highest BCUT2D eigenvalue weighted by molar-refractivity contribution is 7.89. The van der Waals surface area contributed by atoms with Gasteiger partial charge in [0.15, 0.2) is 0 Å². The molecule has 3 rings (SSSR count). The van der Waals surface area contributed by atoms with Crippen LogP contribution < -0.4 is 4.90 Å². The van der Waals surface area contributed by atoms with Crippen molar-refractivity contribution in [3.8, 4) is 6.07 Å². The quantitative estimate of drug-likeness (QED) is 0.851. The fourth-order valence-corrected chi connectivity index (χ4v) is 4.83. The zero-order chi connectivity index (χ0) is 19.4. The lowest BCUT2D eigenvalue weighted by Gasteiger charge is -2.35. The Morgan fingerprint density at radius 2 is 1.81 bits per heavy atom. The Morgan fingerprint density at radius 3 is 2.48 bits per heavy atom. The highest BCUT2D eigenvalue weighted by Gasteiger charge is 2.29. The maximum atomic E-state index is 13.0. The maximum absolute atomic E-state index is 13.0. The summed E-state index contributed by atoms with van der Waals surface area (Å²) in [6.07, 6.45) is -0.103. The fraction of sp³-hybridized carbons (Fsp3) is 0.350. The van der Waals surface area contributed by atoms with Crippen molar-refractivity contribution >= 4 is 15.7 Å². The van der Waals surface area contributed by atoms with Crippen LogP contribution in [0, 0.1) is 11.3 Å². The van der Waals surface area contributed by atoms with Crippen LogP contribution in [0.15, 0.2) is 53.4 Å². The predicted octanol–water partition coefficient (Wildman–Crippen LogP) is 1.99. The molecular formula is C20H23N3O3S. The van der Waals surface area contributed by atoms with Crippen LogP contribution in [0.5, 0.6) is 0 Å². The van der Waals surface area contributed by atoms with Gasteiger partial charge < -0.3 is 10.0 Å². The summed E-state index contributed by atoms with van der Waals surface area (Å²) in [7, 11) is -3.58. The number of hydrogen-bond acceptors (Lipinski definition) is 5. The van der Waals surface area contributed by atoms with Gasteiger partial charge in [-0.2, -0.15) is 9.57 Å². The van der Waals surface area contributed by atoms with Crippen molar-refractivity contribution in [3.05, 3.63) is 59.7 Å². The van der Waals surface area contributed by atoms with Gasteiger partial charge in [-0.15, -0.1) is 0 Å². The third-order valence-corrected chi connectivity index (χ3v) is 6.57. The summed E-state index contributed by atoms with van der Waals surface area (Å²) in [4.78, 5) is 2.31. The Morgan fingerprint density at radius 1 is 1.11 bits per heavy atom. The van der Waals surface area contributed by atoms with E-state index in [4.69, 9.17) is 0 Å². The van der Waals surface area contributed by atoms with Crippen molar-refractivity contribution < 1.29 is 13.5 Å². The number of para-hydroxylation sites is 1. The summed E-state index contributed by atoms with van der Waals surface area (Å²) < 4.78 is 27.5. The molecule has 0 radical (unpaired) electrons. The molecule has 1 unspecified atom stereocenters. The molecule has 2 aromatic rings. The van der Waals surface area contributed by atoms with E-state index >= 15 is 0 Å². The molecule has 142 valence electrons. The van der Waals surface area contributed by atoms with Crippen LogP contribution in [0.2, 0.25) is 0 Å². The average molecular weight is 385 g/mol. The summed E-state index contributed by atoms with van der Waals surface area (Å²) in [6.45, 7) is 3.47. The Labute approximate surface area is 160 Å². The first-order valence-corrected chi connectivity index (χ1v) is 10.4. The first kappa shape index (κ1) is 19.4. The minimum atomic E-state index is -3.58. The number of aliphatic hydroxyl groups excluding tert-OH is 1. The van der Waals surface area contributed by atoms with Crippen molar-refractivity contribution in [1.82, 2.24) is 4.31 Å². The molecule has 0 amide bonds. The smallest absolute Gasteiger partial charge is 0.243 e. The van der Waals surface area contributed by atoms with Gasteiger partial charge in [0, 0.05) is 26.2 Å². The molecule has 1 saturated heterocycles. The second-order valence-electron chi connectivity index (χ2n) is 6.72. The molecule has 0 aromatic heterocycles. The molecule has 1 aliphatic rings.